The molecule has 0 bridgehead atoms. The van der Waals surface area contributed by atoms with Gasteiger partial charge in [0.15, 0.2) is 12.3 Å². The third kappa shape index (κ3) is 5.54. The van der Waals surface area contributed by atoms with Gasteiger partial charge in [0, 0.05) is 18.9 Å². The smallest absolute Gasteiger partial charge is 0.359 e. The van der Waals surface area contributed by atoms with Crippen LogP contribution in [0.25, 0.3) is 11.2 Å². The number of ether oxygens (including phenoxy) is 1. The number of amides is 1. The van der Waals surface area contributed by atoms with Crippen LogP contribution < -0.4 is 15.4 Å². The second-order valence-electron chi connectivity index (χ2n) is 7.31. The zero-order valence-electron chi connectivity index (χ0n) is 18.1. The van der Waals surface area contributed by atoms with Gasteiger partial charge in [-0.3, -0.25) is 9.36 Å². The number of nitrogens with one attached hydrogen (secondary N) is 1. The molecule has 35 heavy (non-hydrogen) atoms. The van der Waals surface area contributed by atoms with Gasteiger partial charge in [0.05, 0.1) is 11.1 Å². The molecule has 0 saturated carbocycles. The maximum atomic E-state index is 13.1. The molecule has 12 nitrogen and oxygen atoms in total. The summed E-state index contributed by atoms with van der Waals surface area (Å²) in [7, 11) is -8.56. The standard InChI is InChI=1S/C21H20N5O7PS/c27-20(14-33-18-6-1-2-7-19(18)34(28,29)30)23-9-8-15-4-3-5-16(12-15)35(31,32)26-21-17(13-25-26)22-10-11-24-21/h1-7,10-13H,8-9,14H2,(H,23,27)(H2,28,29,30). The number of aromatic nitrogens is 4. The first-order valence-corrected chi connectivity index (χ1v) is 13.3. The first-order chi connectivity index (χ1) is 16.7. The summed E-state index contributed by atoms with van der Waals surface area (Å²) in [6, 6.07) is 11.8. The van der Waals surface area contributed by atoms with Crippen molar-refractivity contribution in [2.45, 2.75) is 11.3 Å². The van der Waals surface area contributed by atoms with Crippen LogP contribution in [-0.2, 0) is 25.8 Å². The zero-order valence-corrected chi connectivity index (χ0v) is 19.8. The highest BCUT2D eigenvalue weighted by molar-refractivity contribution is 7.90. The van der Waals surface area contributed by atoms with Crippen molar-refractivity contribution in [2.75, 3.05) is 13.2 Å². The molecule has 3 N–H and O–H groups in total. The molecule has 2 aromatic carbocycles. The van der Waals surface area contributed by atoms with E-state index in [-0.39, 0.29) is 28.1 Å². The van der Waals surface area contributed by atoms with Gasteiger partial charge in [-0.1, -0.05) is 24.3 Å². The van der Waals surface area contributed by atoms with Crippen molar-refractivity contribution in [3.8, 4) is 5.75 Å². The summed E-state index contributed by atoms with van der Waals surface area (Å²) in [6.45, 7) is -0.263. The Labute approximate surface area is 199 Å². The second-order valence-corrected chi connectivity index (χ2v) is 10.6. The molecule has 0 aliphatic rings. The monoisotopic (exact) mass is 517 g/mol. The van der Waals surface area contributed by atoms with E-state index in [1.165, 1.54) is 55.0 Å². The van der Waals surface area contributed by atoms with Crippen LogP contribution in [-0.4, -0.2) is 56.4 Å². The Bertz CT molecular complexity index is 1530. The molecular formula is C21H20N5O7PS. The number of carbonyl (C=O) groups excluding carboxylic acids is 1. The Kier molecular flexibility index (Phi) is 6.94. The van der Waals surface area contributed by atoms with Crippen molar-refractivity contribution in [3.05, 3.63) is 72.7 Å². The highest BCUT2D eigenvalue weighted by atomic mass is 32.2. The number of benzene rings is 2. The van der Waals surface area contributed by atoms with Gasteiger partial charge < -0.3 is 19.8 Å². The van der Waals surface area contributed by atoms with E-state index < -0.39 is 30.1 Å². The summed E-state index contributed by atoms with van der Waals surface area (Å²) in [4.78, 5) is 38.9. The Morgan fingerprint density at radius 2 is 1.86 bits per heavy atom. The Morgan fingerprint density at radius 1 is 1.09 bits per heavy atom. The third-order valence-corrected chi connectivity index (χ3v) is 7.44. The number of hydrogen-bond acceptors (Lipinski definition) is 8. The Balaban J connectivity index is 1.37. The molecule has 2 heterocycles. The van der Waals surface area contributed by atoms with E-state index in [1.807, 2.05) is 0 Å². The van der Waals surface area contributed by atoms with Crippen LogP contribution in [0.3, 0.4) is 0 Å². The van der Waals surface area contributed by atoms with E-state index in [1.54, 1.807) is 12.1 Å². The summed E-state index contributed by atoms with van der Waals surface area (Å²) >= 11 is 0. The lowest BCUT2D eigenvalue weighted by Crippen LogP contribution is -2.31. The Hall–Kier alpha value is -3.64. The van der Waals surface area contributed by atoms with Crippen molar-refractivity contribution in [1.29, 1.82) is 0 Å². The van der Waals surface area contributed by atoms with E-state index in [0.29, 0.717) is 17.5 Å². The minimum Gasteiger partial charge on any atom is -0.483 e. The van der Waals surface area contributed by atoms with Crippen LogP contribution >= 0.6 is 7.60 Å². The van der Waals surface area contributed by atoms with E-state index in [4.69, 9.17) is 4.74 Å². The van der Waals surface area contributed by atoms with E-state index in [9.17, 15) is 27.6 Å². The lowest BCUT2D eigenvalue weighted by molar-refractivity contribution is -0.123. The average Bonchev–Trinajstić information content (AvgIpc) is 3.28. The fourth-order valence-corrected chi connectivity index (χ4v) is 5.24. The minimum absolute atomic E-state index is 0.00866. The second kappa shape index (κ2) is 9.92. The molecule has 0 aliphatic heterocycles. The van der Waals surface area contributed by atoms with Crippen molar-refractivity contribution in [3.63, 3.8) is 0 Å². The van der Waals surface area contributed by atoms with Crippen LogP contribution in [0, 0.1) is 0 Å². The van der Waals surface area contributed by atoms with Gasteiger partial charge in [-0.25, -0.2) is 9.97 Å². The molecule has 0 aliphatic carbocycles. The molecular weight excluding hydrogens is 497 g/mol. The number of para-hydroxylation sites is 1. The van der Waals surface area contributed by atoms with Crippen molar-refractivity contribution < 1.29 is 32.3 Å². The lowest BCUT2D eigenvalue weighted by Gasteiger charge is -2.12. The predicted molar refractivity (Wildman–Crippen MR) is 125 cm³/mol. The fourth-order valence-electron chi connectivity index (χ4n) is 3.24. The normalized spacial score (nSPS) is 11.9. The average molecular weight is 517 g/mol. The Morgan fingerprint density at radius 3 is 2.66 bits per heavy atom. The van der Waals surface area contributed by atoms with Gasteiger partial charge >= 0.3 is 7.60 Å². The first-order valence-electron chi connectivity index (χ1n) is 10.2. The number of fused-ring (bicyclic) bond motifs is 1. The van der Waals surface area contributed by atoms with Crippen LogP contribution in [0.1, 0.15) is 5.56 Å². The quantitative estimate of drug-likeness (QED) is 0.267. The first kappa shape index (κ1) is 24.5. The SMILES string of the molecule is O=C(COc1ccccc1P(=O)(O)O)NCCc1cccc(S(=O)(=O)n2ncc3nccnc32)c1. The van der Waals surface area contributed by atoms with Gasteiger partial charge in [0.2, 0.25) is 0 Å². The molecule has 0 atom stereocenters. The summed E-state index contributed by atoms with van der Waals surface area (Å²) in [5.74, 6) is -0.583. The fraction of sp³-hybridized carbons (Fsp3) is 0.143. The highest BCUT2D eigenvalue weighted by Gasteiger charge is 2.23. The van der Waals surface area contributed by atoms with E-state index in [2.05, 4.69) is 20.4 Å². The summed E-state index contributed by atoms with van der Waals surface area (Å²) < 4.78 is 43.7. The molecule has 0 fully saturated rings. The maximum absolute atomic E-state index is 13.1. The van der Waals surface area contributed by atoms with Gasteiger partial charge in [-0.15, -0.1) is 4.09 Å². The third-order valence-electron chi connectivity index (χ3n) is 4.87. The van der Waals surface area contributed by atoms with E-state index >= 15 is 0 Å². The highest BCUT2D eigenvalue weighted by Crippen LogP contribution is 2.37. The summed E-state index contributed by atoms with van der Waals surface area (Å²) in [5.41, 5.74) is 1.12. The summed E-state index contributed by atoms with van der Waals surface area (Å²) in [5, 5.41) is 6.23. The summed E-state index contributed by atoms with van der Waals surface area (Å²) in [6.07, 6.45) is 4.47. The molecule has 14 heteroatoms. The van der Waals surface area contributed by atoms with Crippen molar-refractivity contribution in [2.24, 2.45) is 0 Å². The molecule has 2 aromatic heterocycles. The number of rotatable bonds is 9. The zero-order chi connectivity index (χ0) is 25.1. The van der Waals surface area contributed by atoms with Crippen LogP contribution in [0.4, 0.5) is 0 Å². The largest absolute Gasteiger partial charge is 0.483 e. The molecule has 1 amide bonds. The molecule has 0 spiro atoms. The molecule has 182 valence electrons. The van der Waals surface area contributed by atoms with Gasteiger partial charge in [-0.2, -0.15) is 13.5 Å². The van der Waals surface area contributed by atoms with Crippen LogP contribution in [0.2, 0.25) is 0 Å². The molecule has 0 saturated heterocycles. The lowest BCUT2D eigenvalue weighted by atomic mass is 10.1. The minimum atomic E-state index is -4.55. The van der Waals surface area contributed by atoms with Crippen LogP contribution in [0.15, 0.2) is 72.0 Å². The number of carbonyl (C=O) groups is 1. The maximum Gasteiger partial charge on any atom is 0.359 e. The molecule has 4 rings (SSSR count). The number of nitrogens with zero attached hydrogens (tertiary/aromatic N) is 4. The number of hydrogen-bond donors (Lipinski definition) is 3. The topological polar surface area (TPSA) is 174 Å². The molecule has 0 unspecified atom stereocenters. The molecule has 0 radical (unpaired) electrons. The van der Waals surface area contributed by atoms with Gasteiger partial charge in [-0.05, 0) is 36.2 Å². The van der Waals surface area contributed by atoms with Crippen molar-refractivity contribution >= 4 is 40.0 Å². The predicted octanol–water partition coefficient (Wildman–Crippen LogP) is 0.604. The van der Waals surface area contributed by atoms with Gasteiger partial charge in [0.1, 0.15) is 16.6 Å². The van der Waals surface area contributed by atoms with Gasteiger partial charge in [0.25, 0.3) is 15.9 Å². The van der Waals surface area contributed by atoms with Crippen LogP contribution in [0.5, 0.6) is 5.75 Å². The van der Waals surface area contributed by atoms with Crippen molar-refractivity contribution in [1.82, 2.24) is 24.5 Å². The van der Waals surface area contributed by atoms with E-state index in [0.717, 1.165) is 4.09 Å². The molecule has 4 aromatic rings.